The summed E-state index contributed by atoms with van der Waals surface area (Å²) in [6.45, 7) is 0. The van der Waals surface area contributed by atoms with Crippen molar-refractivity contribution in [1.82, 2.24) is 9.78 Å². The van der Waals surface area contributed by atoms with E-state index in [9.17, 15) is 5.11 Å². The van der Waals surface area contributed by atoms with Crippen molar-refractivity contribution in [3.63, 3.8) is 0 Å². The number of rotatable bonds is 2. The van der Waals surface area contributed by atoms with E-state index >= 15 is 0 Å². The van der Waals surface area contributed by atoms with Gasteiger partial charge in [-0.2, -0.15) is 5.10 Å². The van der Waals surface area contributed by atoms with Crippen LogP contribution in [0.5, 0.6) is 0 Å². The Kier molecular flexibility index (Phi) is 3.64. The molecule has 0 radical (unpaired) electrons. The van der Waals surface area contributed by atoms with E-state index in [0.717, 1.165) is 0 Å². The van der Waals surface area contributed by atoms with Gasteiger partial charge >= 0.3 is 0 Å². The van der Waals surface area contributed by atoms with Gasteiger partial charge in [0.1, 0.15) is 6.10 Å². The summed E-state index contributed by atoms with van der Waals surface area (Å²) in [4.78, 5) is 0. The van der Waals surface area contributed by atoms with Crippen LogP contribution in [0.4, 0.5) is 0 Å². The number of hydrogen-bond acceptors (Lipinski definition) is 2. The molecule has 0 aliphatic heterocycles. The Hall–Kier alpha value is -0.740. The first-order chi connectivity index (χ1) is 8.02. The zero-order chi connectivity index (χ0) is 12.6. The molecule has 0 spiro atoms. The maximum atomic E-state index is 10.3. The minimum atomic E-state index is -0.957. The number of nitrogens with zero attached hydrogens (tertiary/aromatic N) is 2. The highest BCUT2D eigenvalue weighted by Gasteiger charge is 2.21. The van der Waals surface area contributed by atoms with Crippen LogP contribution in [0.2, 0.25) is 15.1 Å². The first-order valence-electron chi connectivity index (χ1n) is 4.81. The van der Waals surface area contributed by atoms with Crippen molar-refractivity contribution in [3.8, 4) is 0 Å². The van der Waals surface area contributed by atoms with Crippen LogP contribution >= 0.6 is 34.8 Å². The first-order valence-corrected chi connectivity index (χ1v) is 5.95. The van der Waals surface area contributed by atoms with E-state index in [-0.39, 0.29) is 0 Å². The van der Waals surface area contributed by atoms with Crippen molar-refractivity contribution in [2.45, 2.75) is 6.10 Å². The lowest BCUT2D eigenvalue weighted by atomic mass is 10.1. The first kappa shape index (κ1) is 12.7. The summed E-state index contributed by atoms with van der Waals surface area (Å²) in [6.07, 6.45) is 0.514. The predicted molar refractivity (Wildman–Crippen MR) is 68.7 cm³/mol. The van der Waals surface area contributed by atoms with Crippen molar-refractivity contribution in [2.24, 2.45) is 7.05 Å². The van der Waals surface area contributed by atoms with Crippen LogP contribution in [-0.4, -0.2) is 14.9 Å². The molecule has 90 valence electrons. The van der Waals surface area contributed by atoms with Gasteiger partial charge in [-0.25, -0.2) is 0 Å². The Morgan fingerprint density at radius 1 is 1.24 bits per heavy atom. The maximum absolute atomic E-state index is 10.3. The largest absolute Gasteiger partial charge is 0.382 e. The number of halogens is 3. The zero-order valence-corrected chi connectivity index (χ0v) is 11.1. The van der Waals surface area contributed by atoms with E-state index in [1.165, 1.54) is 10.9 Å². The van der Waals surface area contributed by atoms with E-state index < -0.39 is 6.10 Å². The lowest BCUT2D eigenvalue weighted by Gasteiger charge is -2.14. The fraction of sp³-hybridized carbons (Fsp3) is 0.182. The summed E-state index contributed by atoms with van der Waals surface area (Å²) in [5, 5.41) is 15.3. The van der Waals surface area contributed by atoms with Crippen LogP contribution in [0.25, 0.3) is 0 Å². The Morgan fingerprint density at radius 3 is 2.53 bits per heavy atom. The Labute approximate surface area is 114 Å². The maximum Gasteiger partial charge on any atom is 0.124 e. The van der Waals surface area contributed by atoms with Crippen molar-refractivity contribution in [3.05, 3.63) is 50.7 Å². The molecule has 17 heavy (non-hydrogen) atoms. The molecule has 0 bridgehead atoms. The van der Waals surface area contributed by atoms with Crippen LogP contribution in [0.1, 0.15) is 17.4 Å². The quantitative estimate of drug-likeness (QED) is 0.920. The summed E-state index contributed by atoms with van der Waals surface area (Å²) in [6, 6.07) is 5.07. The van der Waals surface area contributed by atoms with Gasteiger partial charge in [-0.05, 0) is 6.07 Å². The monoisotopic (exact) mass is 290 g/mol. The number of aromatic nitrogens is 2. The highest BCUT2D eigenvalue weighted by Crippen LogP contribution is 2.35. The molecule has 1 aromatic carbocycles. The summed E-state index contributed by atoms with van der Waals surface area (Å²) < 4.78 is 1.50. The SMILES string of the molecule is Cn1ncc(Cl)c1C(O)c1cccc(Cl)c1Cl. The van der Waals surface area contributed by atoms with Gasteiger partial charge in [-0.1, -0.05) is 46.9 Å². The molecule has 2 aromatic rings. The molecule has 1 heterocycles. The molecule has 1 atom stereocenters. The van der Waals surface area contributed by atoms with Gasteiger partial charge in [0.25, 0.3) is 0 Å². The molecular weight excluding hydrogens is 282 g/mol. The summed E-state index contributed by atoms with van der Waals surface area (Å²) in [7, 11) is 1.70. The fourth-order valence-corrected chi connectivity index (χ4v) is 2.29. The molecule has 0 amide bonds. The third-order valence-corrected chi connectivity index (χ3v) is 3.60. The molecule has 0 saturated heterocycles. The van der Waals surface area contributed by atoms with E-state index in [0.29, 0.717) is 26.3 Å². The standard InChI is InChI=1S/C11H9Cl3N2O/c1-16-10(8(13)5-15-16)11(17)6-3-2-4-7(12)9(6)14/h2-5,11,17H,1H3. The van der Waals surface area contributed by atoms with Gasteiger partial charge < -0.3 is 5.11 Å². The molecule has 0 fully saturated rings. The van der Waals surface area contributed by atoms with E-state index in [4.69, 9.17) is 34.8 Å². The van der Waals surface area contributed by atoms with E-state index in [1.807, 2.05) is 0 Å². The average molecular weight is 292 g/mol. The van der Waals surface area contributed by atoms with Crippen LogP contribution in [0.3, 0.4) is 0 Å². The van der Waals surface area contributed by atoms with Crippen molar-refractivity contribution >= 4 is 34.8 Å². The second-order valence-corrected chi connectivity index (χ2v) is 4.74. The van der Waals surface area contributed by atoms with Crippen LogP contribution in [-0.2, 0) is 7.05 Å². The van der Waals surface area contributed by atoms with Crippen LogP contribution in [0, 0.1) is 0 Å². The highest BCUT2D eigenvalue weighted by molar-refractivity contribution is 6.42. The minimum absolute atomic E-state index is 0.318. The number of aryl methyl sites for hydroxylation is 1. The van der Waals surface area contributed by atoms with E-state index in [2.05, 4.69) is 5.10 Å². The van der Waals surface area contributed by atoms with Gasteiger partial charge in [0.15, 0.2) is 0 Å². The lowest BCUT2D eigenvalue weighted by Crippen LogP contribution is -2.07. The van der Waals surface area contributed by atoms with Gasteiger partial charge in [-0.15, -0.1) is 0 Å². The van der Waals surface area contributed by atoms with Gasteiger partial charge in [0, 0.05) is 12.6 Å². The zero-order valence-electron chi connectivity index (χ0n) is 8.86. The Balaban J connectivity index is 2.51. The van der Waals surface area contributed by atoms with Gasteiger partial charge in [0.2, 0.25) is 0 Å². The second kappa shape index (κ2) is 4.86. The third kappa shape index (κ3) is 2.29. The van der Waals surface area contributed by atoms with Crippen LogP contribution < -0.4 is 0 Å². The second-order valence-electron chi connectivity index (χ2n) is 3.55. The van der Waals surface area contributed by atoms with Crippen molar-refractivity contribution in [2.75, 3.05) is 0 Å². The minimum Gasteiger partial charge on any atom is -0.382 e. The average Bonchev–Trinajstić information content (AvgIpc) is 2.62. The number of aliphatic hydroxyl groups excluding tert-OH is 1. The molecule has 1 unspecified atom stereocenters. The van der Waals surface area contributed by atoms with Gasteiger partial charge in [0.05, 0.1) is 27.0 Å². The molecule has 0 saturated carbocycles. The van der Waals surface area contributed by atoms with Crippen LogP contribution in [0.15, 0.2) is 24.4 Å². The highest BCUT2D eigenvalue weighted by atomic mass is 35.5. The normalized spacial score (nSPS) is 12.8. The molecular formula is C11H9Cl3N2O. The Morgan fingerprint density at radius 2 is 1.94 bits per heavy atom. The fourth-order valence-electron chi connectivity index (χ4n) is 1.61. The third-order valence-electron chi connectivity index (χ3n) is 2.47. The number of hydrogen-bond donors (Lipinski definition) is 1. The summed E-state index contributed by atoms with van der Waals surface area (Å²) >= 11 is 17.9. The van der Waals surface area contributed by atoms with Crippen molar-refractivity contribution in [1.29, 1.82) is 0 Å². The van der Waals surface area contributed by atoms with Gasteiger partial charge in [-0.3, -0.25) is 4.68 Å². The molecule has 3 nitrogen and oxygen atoms in total. The molecule has 2 rings (SSSR count). The number of benzene rings is 1. The molecule has 0 aliphatic carbocycles. The topological polar surface area (TPSA) is 38.0 Å². The molecule has 0 aliphatic rings. The predicted octanol–water partition coefficient (Wildman–Crippen LogP) is 3.46. The van der Waals surface area contributed by atoms with Crippen molar-refractivity contribution < 1.29 is 5.11 Å². The smallest absolute Gasteiger partial charge is 0.124 e. The summed E-state index contributed by atoms with van der Waals surface area (Å²) in [5.41, 5.74) is 0.987. The molecule has 1 N–H and O–H groups in total. The lowest BCUT2D eigenvalue weighted by molar-refractivity contribution is 0.210. The summed E-state index contributed by atoms with van der Waals surface area (Å²) in [5.74, 6) is 0. The molecule has 1 aromatic heterocycles. The number of aliphatic hydroxyl groups is 1. The Bertz CT molecular complexity index is 534. The van der Waals surface area contributed by atoms with E-state index in [1.54, 1.807) is 25.2 Å². The molecule has 6 heteroatoms.